The molecule has 37 heavy (non-hydrogen) atoms. The van der Waals surface area contributed by atoms with Gasteiger partial charge in [-0.2, -0.15) is 0 Å². The van der Waals surface area contributed by atoms with Crippen molar-refractivity contribution < 1.29 is 32.2 Å². The molecule has 0 atom stereocenters. The van der Waals surface area contributed by atoms with E-state index >= 15 is 0 Å². The van der Waals surface area contributed by atoms with Crippen LogP contribution >= 0.6 is 0 Å². The monoisotopic (exact) mass is 528 g/mol. The van der Waals surface area contributed by atoms with Gasteiger partial charge in [0.1, 0.15) is 23.6 Å². The van der Waals surface area contributed by atoms with E-state index in [1.165, 1.54) is 37.6 Å². The van der Waals surface area contributed by atoms with E-state index in [0.29, 0.717) is 11.4 Å². The first-order valence-corrected chi connectivity index (χ1v) is 12.6. The number of hydrogen-bond acceptors (Lipinski definition) is 9. The Hall–Kier alpha value is -4.32. The first kappa shape index (κ1) is 27.3. The summed E-state index contributed by atoms with van der Waals surface area (Å²) in [6, 6.07) is 15.5. The Morgan fingerprint density at radius 1 is 0.946 bits per heavy atom. The number of aromatic nitrogens is 1. The number of amides is 1. The molecule has 12 heteroatoms. The molecule has 0 aliphatic carbocycles. The number of esters is 1. The Kier molecular flexibility index (Phi) is 8.56. The smallest absolute Gasteiger partial charge is 0.408 e. The minimum Gasteiger partial charge on any atom is -0.497 e. The van der Waals surface area contributed by atoms with Crippen molar-refractivity contribution >= 4 is 39.3 Å². The summed E-state index contributed by atoms with van der Waals surface area (Å²) in [7, 11) is -2.38. The topological polar surface area (TPSA) is 145 Å². The number of ether oxygens (including phenoxy) is 3. The molecule has 11 nitrogen and oxygen atoms in total. The van der Waals surface area contributed by atoms with Gasteiger partial charge in [-0.05, 0) is 81.4 Å². The molecule has 0 bridgehead atoms. The number of nitrogens with one attached hydrogen (secondary N) is 3. The number of benzene rings is 2. The second kappa shape index (κ2) is 11.6. The number of hydrogen-bond donors (Lipinski definition) is 3. The third-order valence-electron chi connectivity index (χ3n) is 4.55. The lowest BCUT2D eigenvalue weighted by atomic mass is 10.2. The van der Waals surface area contributed by atoms with Crippen LogP contribution in [0.2, 0.25) is 0 Å². The molecular weight excluding hydrogens is 500 g/mol. The standard InChI is InChI=1S/C25H28N4O7S/c1-25(2,3)36-24(31)27-16-22(30)35-19-9-7-17(8-10-19)28-23-21(6-5-15-26-23)29-37(32,33)20-13-11-18(34-4)12-14-20/h5-15,29H,16H2,1-4H3,(H,26,28)(H,27,31). The number of pyridine rings is 1. The Labute approximate surface area is 215 Å². The fourth-order valence-corrected chi connectivity index (χ4v) is 3.98. The lowest BCUT2D eigenvalue weighted by molar-refractivity contribution is -0.133. The number of carbonyl (C=O) groups excluding carboxylic acids is 2. The van der Waals surface area contributed by atoms with E-state index in [0.717, 1.165) is 0 Å². The average molecular weight is 529 g/mol. The summed E-state index contributed by atoms with van der Waals surface area (Å²) in [5.41, 5.74) is 0.122. The molecule has 0 radical (unpaired) electrons. The van der Waals surface area contributed by atoms with Crippen molar-refractivity contribution in [2.45, 2.75) is 31.3 Å². The molecular formula is C25H28N4O7S. The van der Waals surface area contributed by atoms with E-state index in [9.17, 15) is 18.0 Å². The molecule has 0 spiro atoms. The van der Waals surface area contributed by atoms with Gasteiger partial charge in [0.25, 0.3) is 10.0 Å². The minimum absolute atomic E-state index is 0.0652. The highest BCUT2D eigenvalue weighted by atomic mass is 32.2. The maximum Gasteiger partial charge on any atom is 0.408 e. The largest absolute Gasteiger partial charge is 0.497 e. The molecule has 2 aromatic carbocycles. The van der Waals surface area contributed by atoms with Gasteiger partial charge in [-0.3, -0.25) is 4.72 Å². The van der Waals surface area contributed by atoms with Crippen molar-refractivity contribution in [1.29, 1.82) is 0 Å². The molecule has 3 aromatic rings. The number of sulfonamides is 1. The number of methoxy groups -OCH3 is 1. The summed E-state index contributed by atoms with van der Waals surface area (Å²) in [6.07, 6.45) is 0.791. The van der Waals surface area contributed by atoms with E-state index < -0.39 is 27.7 Å². The average Bonchev–Trinajstić information content (AvgIpc) is 2.84. The summed E-state index contributed by atoms with van der Waals surface area (Å²) in [6.45, 7) is 4.78. The molecule has 1 aromatic heterocycles. The van der Waals surface area contributed by atoms with Gasteiger partial charge in [0.2, 0.25) is 0 Å². The first-order valence-electron chi connectivity index (χ1n) is 11.1. The molecule has 1 amide bonds. The van der Waals surface area contributed by atoms with Crippen molar-refractivity contribution in [3.8, 4) is 11.5 Å². The number of rotatable bonds is 9. The third-order valence-corrected chi connectivity index (χ3v) is 5.93. The maximum absolute atomic E-state index is 12.8. The summed E-state index contributed by atoms with van der Waals surface area (Å²) < 4.78 is 43.5. The summed E-state index contributed by atoms with van der Waals surface area (Å²) in [5.74, 6) is 0.386. The van der Waals surface area contributed by atoms with Crippen LogP contribution in [0.15, 0.2) is 71.8 Å². The molecule has 1 heterocycles. The van der Waals surface area contributed by atoms with Gasteiger partial charge in [-0.1, -0.05) is 0 Å². The normalized spacial score (nSPS) is 11.2. The molecule has 0 unspecified atom stereocenters. The van der Waals surface area contributed by atoms with Crippen molar-refractivity contribution in [2.75, 3.05) is 23.7 Å². The second-order valence-electron chi connectivity index (χ2n) is 8.66. The van der Waals surface area contributed by atoms with Crippen LogP contribution in [-0.4, -0.2) is 44.7 Å². The number of nitrogens with zero attached hydrogens (tertiary/aromatic N) is 1. The van der Waals surface area contributed by atoms with Crippen molar-refractivity contribution in [2.24, 2.45) is 0 Å². The molecule has 3 N–H and O–H groups in total. The zero-order valence-corrected chi connectivity index (χ0v) is 21.6. The van der Waals surface area contributed by atoms with Gasteiger partial charge in [0.05, 0.1) is 17.7 Å². The van der Waals surface area contributed by atoms with Crippen molar-refractivity contribution in [1.82, 2.24) is 10.3 Å². The van der Waals surface area contributed by atoms with E-state index in [4.69, 9.17) is 14.2 Å². The minimum atomic E-state index is -3.88. The quantitative estimate of drug-likeness (QED) is 0.276. The van der Waals surface area contributed by atoms with Crippen LogP contribution in [0.25, 0.3) is 0 Å². The maximum atomic E-state index is 12.8. The Bertz CT molecular complexity index is 1340. The molecule has 3 rings (SSSR count). The number of anilines is 3. The van der Waals surface area contributed by atoms with Gasteiger partial charge in [-0.15, -0.1) is 0 Å². The molecule has 196 valence electrons. The highest BCUT2D eigenvalue weighted by Crippen LogP contribution is 2.27. The van der Waals surface area contributed by atoms with Crippen molar-refractivity contribution in [3.63, 3.8) is 0 Å². The second-order valence-corrected chi connectivity index (χ2v) is 10.3. The van der Waals surface area contributed by atoms with Crippen LogP contribution < -0.4 is 24.8 Å². The molecule has 0 saturated carbocycles. The number of alkyl carbamates (subject to hydrolysis) is 1. The predicted octanol–water partition coefficient (Wildman–Crippen LogP) is 4.06. The SMILES string of the molecule is COc1ccc(S(=O)(=O)Nc2cccnc2Nc2ccc(OC(=O)CNC(=O)OC(C)(C)C)cc2)cc1. The highest BCUT2D eigenvalue weighted by molar-refractivity contribution is 7.92. The Morgan fingerprint density at radius 2 is 1.59 bits per heavy atom. The molecule has 0 aliphatic rings. The first-order chi connectivity index (χ1) is 17.4. The number of carbonyl (C=O) groups is 2. The van der Waals surface area contributed by atoms with Crippen LogP contribution in [-0.2, 0) is 19.6 Å². The predicted molar refractivity (Wildman–Crippen MR) is 138 cm³/mol. The van der Waals surface area contributed by atoms with Crippen LogP contribution in [0.5, 0.6) is 11.5 Å². The van der Waals surface area contributed by atoms with Crippen LogP contribution in [0, 0.1) is 0 Å². The zero-order valence-electron chi connectivity index (χ0n) is 20.8. The van der Waals surface area contributed by atoms with Gasteiger partial charge in [0, 0.05) is 11.9 Å². The molecule has 0 aliphatic heterocycles. The fourth-order valence-electron chi connectivity index (χ4n) is 2.91. The summed E-state index contributed by atoms with van der Waals surface area (Å²) >= 11 is 0. The van der Waals surface area contributed by atoms with Crippen LogP contribution in [0.1, 0.15) is 20.8 Å². The summed E-state index contributed by atoms with van der Waals surface area (Å²) in [4.78, 5) is 27.9. The third kappa shape index (κ3) is 8.39. The fraction of sp³-hybridized carbons (Fsp3) is 0.240. The Morgan fingerprint density at radius 3 is 2.22 bits per heavy atom. The Balaban J connectivity index is 1.61. The van der Waals surface area contributed by atoms with Gasteiger partial charge < -0.3 is 24.8 Å². The van der Waals surface area contributed by atoms with Crippen molar-refractivity contribution in [3.05, 3.63) is 66.9 Å². The van der Waals surface area contributed by atoms with E-state index in [2.05, 4.69) is 20.3 Å². The molecule has 0 saturated heterocycles. The summed E-state index contributed by atoms with van der Waals surface area (Å²) in [5, 5.41) is 5.36. The molecule has 0 fully saturated rings. The lowest BCUT2D eigenvalue weighted by Gasteiger charge is -2.19. The van der Waals surface area contributed by atoms with E-state index in [1.54, 1.807) is 57.2 Å². The van der Waals surface area contributed by atoms with Gasteiger partial charge in [0.15, 0.2) is 5.82 Å². The van der Waals surface area contributed by atoms with Gasteiger partial charge >= 0.3 is 12.1 Å². The highest BCUT2D eigenvalue weighted by Gasteiger charge is 2.18. The zero-order chi connectivity index (χ0) is 27.1. The van der Waals surface area contributed by atoms with E-state index in [-0.39, 0.29) is 28.7 Å². The lowest BCUT2D eigenvalue weighted by Crippen LogP contribution is -2.36. The van der Waals surface area contributed by atoms with Crippen LogP contribution in [0.3, 0.4) is 0 Å². The van der Waals surface area contributed by atoms with Crippen LogP contribution in [0.4, 0.5) is 22.0 Å². The van der Waals surface area contributed by atoms with E-state index in [1.807, 2.05) is 0 Å². The van der Waals surface area contributed by atoms with Gasteiger partial charge in [-0.25, -0.2) is 23.0 Å².